The van der Waals surface area contributed by atoms with E-state index in [-0.39, 0.29) is 23.9 Å². The van der Waals surface area contributed by atoms with Crippen LogP contribution in [0.4, 0.5) is 5.69 Å². The number of benzene rings is 1. The number of nitro benzene ring substituents is 1. The van der Waals surface area contributed by atoms with Crippen molar-refractivity contribution in [2.24, 2.45) is 0 Å². The van der Waals surface area contributed by atoms with Crippen LogP contribution in [0.1, 0.15) is 0 Å². The maximum atomic E-state index is 10.6. The molecular formula is C9H10ClNO4. The van der Waals surface area contributed by atoms with Gasteiger partial charge in [-0.15, -0.1) is 11.6 Å². The van der Waals surface area contributed by atoms with Gasteiger partial charge in [0, 0.05) is 6.07 Å². The van der Waals surface area contributed by atoms with Crippen LogP contribution in [0, 0.1) is 10.1 Å². The molecule has 1 rings (SSSR count). The Hall–Kier alpha value is -1.33. The highest BCUT2D eigenvalue weighted by molar-refractivity contribution is 6.18. The number of aliphatic hydroxyl groups excluding tert-OH is 1. The van der Waals surface area contributed by atoms with Gasteiger partial charge in [0.1, 0.15) is 12.7 Å². The smallest absolute Gasteiger partial charge is 0.310 e. The Morgan fingerprint density at radius 3 is 2.80 bits per heavy atom. The Morgan fingerprint density at radius 2 is 2.20 bits per heavy atom. The van der Waals surface area contributed by atoms with E-state index in [9.17, 15) is 10.1 Å². The van der Waals surface area contributed by atoms with Crippen LogP contribution in [0.25, 0.3) is 0 Å². The van der Waals surface area contributed by atoms with Gasteiger partial charge >= 0.3 is 5.69 Å². The lowest BCUT2D eigenvalue weighted by Gasteiger charge is -2.09. The van der Waals surface area contributed by atoms with Gasteiger partial charge in [0.2, 0.25) is 0 Å². The quantitative estimate of drug-likeness (QED) is 0.474. The molecule has 1 aromatic carbocycles. The van der Waals surface area contributed by atoms with Gasteiger partial charge in [0.05, 0.1) is 10.8 Å². The highest BCUT2D eigenvalue weighted by Gasteiger charge is 2.14. The van der Waals surface area contributed by atoms with Crippen molar-refractivity contribution < 1.29 is 14.8 Å². The molecule has 0 aliphatic heterocycles. The third-order valence-electron chi connectivity index (χ3n) is 1.67. The summed E-state index contributed by atoms with van der Waals surface area (Å²) in [6.45, 7) is -0.0612. The van der Waals surface area contributed by atoms with Gasteiger partial charge in [-0.3, -0.25) is 10.1 Å². The normalized spacial score (nSPS) is 12.1. The van der Waals surface area contributed by atoms with Crippen LogP contribution >= 0.6 is 11.6 Å². The Morgan fingerprint density at radius 1 is 1.53 bits per heavy atom. The van der Waals surface area contributed by atoms with Crippen LogP contribution in [0.5, 0.6) is 5.75 Å². The standard InChI is InChI=1S/C9H10ClNO4/c10-5-7(12)6-15-9-4-2-1-3-8(9)11(13)14/h1-4,7,12H,5-6H2/t7-/m0/s1. The van der Waals surface area contributed by atoms with Crippen LogP contribution in [0.2, 0.25) is 0 Å². The van der Waals surface area contributed by atoms with E-state index in [0.29, 0.717) is 0 Å². The number of aliphatic hydroxyl groups is 1. The minimum atomic E-state index is -0.827. The molecule has 0 saturated heterocycles. The molecule has 0 spiro atoms. The third kappa shape index (κ3) is 3.38. The van der Waals surface area contributed by atoms with Crippen LogP contribution in [0.15, 0.2) is 24.3 Å². The number of nitrogens with zero attached hydrogens (tertiary/aromatic N) is 1. The minimum Gasteiger partial charge on any atom is -0.484 e. The number of ether oxygens (including phenoxy) is 1. The van der Waals surface area contributed by atoms with E-state index in [4.69, 9.17) is 21.4 Å². The fraction of sp³-hybridized carbons (Fsp3) is 0.333. The highest BCUT2D eigenvalue weighted by atomic mass is 35.5. The summed E-state index contributed by atoms with van der Waals surface area (Å²) in [6, 6.07) is 5.97. The summed E-state index contributed by atoms with van der Waals surface area (Å²) >= 11 is 5.36. The number of rotatable bonds is 5. The minimum absolute atomic E-state index is 0.0284. The lowest BCUT2D eigenvalue weighted by atomic mass is 10.3. The van der Waals surface area contributed by atoms with Gasteiger partial charge in [0.15, 0.2) is 5.75 Å². The summed E-state index contributed by atoms with van der Waals surface area (Å²) in [5, 5.41) is 19.7. The van der Waals surface area contributed by atoms with E-state index in [2.05, 4.69) is 0 Å². The molecule has 1 N–H and O–H groups in total. The zero-order chi connectivity index (χ0) is 11.3. The van der Waals surface area contributed by atoms with Crippen LogP contribution in [-0.2, 0) is 0 Å². The summed E-state index contributed by atoms with van der Waals surface area (Å²) in [7, 11) is 0. The summed E-state index contributed by atoms with van der Waals surface area (Å²) in [5.74, 6) is 0.160. The summed E-state index contributed by atoms with van der Waals surface area (Å²) in [4.78, 5) is 10.0. The van der Waals surface area contributed by atoms with E-state index < -0.39 is 11.0 Å². The molecule has 0 heterocycles. The molecule has 15 heavy (non-hydrogen) atoms. The van der Waals surface area contributed by atoms with E-state index in [0.717, 1.165) is 0 Å². The summed E-state index contributed by atoms with van der Waals surface area (Å²) < 4.78 is 5.07. The first-order valence-electron chi connectivity index (χ1n) is 4.25. The first-order chi connectivity index (χ1) is 7.15. The number of para-hydroxylation sites is 2. The predicted molar refractivity (Wildman–Crippen MR) is 55.3 cm³/mol. The van der Waals surface area contributed by atoms with Gasteiger partial charge in [-0.25, -0.2) is 0 Å². The van der Waals surface area contributed by atoms with Crippen LogP contribution in [-0.4, -0.2) is 28.6 Å². The first-order valence-corrected chi connectivity index (χ1v) is 4.79. The molecule has 1 aromatic rings. The van der Waals surface area contributed by atoms with Gasteiger partial charge in [-0.1, -0.05) is 12.1 Å². The number of alkyl halides is 1. The fourth-order valence-corrected chi connectivity index (χ4v) is 1.05. The molecule has 0 aliphatic rings. The fourth-order valence-electron chi connectivity index (χ4n) is 0.961. The maximum absolute atomic E-state index is 10.6. The molecule has 5 nitrogen and oxygen atoms in total. The molecule has 6 heteroatoms. The average molecular weight is 232 g/mol. The average Bonchev–Trinajstić information content (AvgIpc) is 2.26. The molecule has 0 amide bonds. The van der Waals surface area contributed by atoms with E-state index in [1.807, 2.05) is 0 Å². The first kappa shape index (κ1) is 11.7. The number of hydrogen-bond acceptors (Lipinski definition) is 4. The maximum Gasteiger partial charge on any atom is 0.310 e. The topological polar surface area (TPSA) is 72.6 Å². The molecule has 0 saturated carbocycles. The van der Waals surface area contributed by atoms with Gasteiger partial charge < -0.3 is 9.84 Å². The molecule has 0 radical (unpaired) electrons. The second-order valence-corrected chi connectivity index (χ2v) is 3.15. The SMILES string of the molecule is O=[N+]([O-])c1ccccc1OC[C@@H](O)CCl. The van der Waals surface area contributed by atoms with Crippen molar-refractivity contribution >= 4 is 17.3 Å². The van der Waals surface area contributed by atoms with Crippen LogP contribution < -0.4 is 4.74 Å². The molecule has 0 unspecified atom stereocenters. The number of hydrogen-bond donors (Lipinski definition) is 1. The molecule has 1 atom stereocenters. The third-order valence-corrected chi connectivity index (χ3v) is 2.03. The number of halogens is 1. The van der Waals surface area contributed by atoms with Gasteiger partial charge in [0.25, 0.3) is 0 Å². The van der Waals surface area contributed by atoms with E-state index in [1.165, 1.54) is 12.1 Å². The predicted octanol–water partition coefficient (Wildman–Crippen LogP) is 1.57. The van der Waals surface area contributed by atoms with Crippen molar-refractivity contribution in [2.75, 3.05) is 12.5 Å². The van der Waals surface area contributed by atoms with Gasteiger partial charge in [-0.05, 0) is 6.07 Å². The largest absolute Gasteiger partial charge is 0.484 e. The van der Waals surface area contributed by atoms with Crippen molar-refractivity contribution in [3.05, 3.63) is 34.4 Å². The van der Waals surface area contributed by atoms with Crippen molar-refractivity contribution in [1.82, 2.24) is 0 Å². The lowest BCUT2D eigenvalue weighted by molar-refractivity contribution is -0.385. The summed E-state index contributed by atoms with van der Waals surface area (Å²) in [5.41, 5.74) is -0.126. The van der Waals surface area contributed by atoms with Crippen molar-refractivity contribution in [3.8, 4) is 5.75 Å². The van der Waals surface area contributed by atoms with E-state index in [1.54, 1.807) is 12.1 Å². The Bertz CT molecular complexity index is 345. The Labute approximate surface area is 91.4 Å². The van der Waals surface area contributed by atoms with Crippen molar-refractivity contribution in [3.63, 3.8) is 0 Å². The molecule has 0 fully saturated rings. The van der Waals surface area contributed by atoms with Gasteiger partial charge in [-0.2, -0.15) is 0 Å². The monoisotopic (exact) mass is 231 g/mol. The van der Waals surface area contributed by atoms with Crippen molar-refractivity contribution in [1.29, 1.82) is 0 Å². The highest BCUT2D eigenvalue weighted by Crippen LogP contribution is 2.25. The Kier molecular flexibility index (Phi) is 4.33. The summed E-state index contributed by atoms with van der Waals surface area (Å²) in [6.07, 6.45) is -0.827. The molecular weight excluding hydrogens is 222 g/mol. The molecule has 0 aliphatic carbocycles. The van der Waals surface area contributed by atoms with Crippen molar-refractivity contribution in [2.45, 2.75) is 6.10 Å². The van der Waals surface area contributed by atoms with E-state index >= 15 is 0 Å². The number of nitro groups is 1. The van der Waals surface area contributed by atoms with Crippen LogP contribution in [0.3, 0.4) is 0 Å². The Balaban J connectivity index is 2.72. The zero-order valence-electron chi connectivity index (χ0n) is 7.80. The second-order valence-electron chi connectivity index (χ2n) is 2.84. The second kappa shape index (κ2) is 5.53. The lowest BCUT2D eigenvalue weighted by Crippen LogP contribution is -2.19. The molecule has 0 bridgehead atoms. The molecule has 0 aromatic heterocycles. The zero-order valence-corrected chi connectivity index (χ0v) is 8.55. The molecule has 82 valence electrons.